The zero-order valence-corrected chi connectivity index (χ0v) is 30.3. The van der Waals surface area contributed by atoms with E-state index >= 15 is 0 Å². The minimum atomic E-state index is -5.04. The van der Waals surface area contributed by atoms with Crippen LogP contribution in [0.25, 0.3) is 0 Å². The summed E-state index contributed by atoms with van der Waals surface area (Å²) in [7, 11) is -1.69. The molecule has 0 aromatic heterocycles. The van der Waals surface area contributed by atoms with Gasteiger partial charge in [0.1, 0.15) is 17.4 Å². The minimum absolute atomic E-state index is 0.111. The molecule has 0 unspecified atom stereocenters. The number of alkyl halides is 3. The fourth-order valence-corrected chi connectivity index (χ4v) is 8.23. The lowest BCUT2D eigenvalue weighted by atomic mass is 9.81. The summed E-state index contributed by atoms with van der Waals surface area (Å²) in [5.74, 6) is -2.57. The second kappa shape index (κ2) is 15.2. The van der Waals surface area contributed by atoms with Crippen LogP contribution in [0.1, 0.15) is 76.2 Å². The van der Waals surface area contributed by atoms with Gasteiger partial charge < -0.3 is 24.6 Å². The number of likely N-dealkylation sites (tertiary alicyclic amines) is 1. The predicted molar refractivity (Wildman–Crippen MR) is 182 cm³/mol. The monoisotopic (exact) mass is 724 g/mol. The van der Waals surface area contributed by atoms with Crippen LogP contribution in [-0.4, -0.2) is 91.6 Å². The molecule has 15 heteroatoms. The summed E-state index contributed by atoms with van der Waals surface area (Å²) in [5.41, 5.74) is -0.487. The first-order chi connectivity index (χ1) is 23.1. The Morgan fingerprint density at radius 2 is 1.70 bits per heavy atom. The molecule has 50 heavy (non-hydrogen) atoms. The van der Waals surface area contributed by atoms with Gasteiger partial charge in [0.2, 0.25) is 5.91 Å². The summed E-state index contributed by atoms with van der Waals surface area (Å²) in [6, 6.07) is 8.42. The number of carbonyl (C=O) groups is 3. The Bertz CT molecular complexity index is 1660. The molecule has 1 saturated carbocycles. The minimum Gasteiger partial charge on any atom is -0.444 e. The summed E-state index contributed by atoms with van der Waals surface area (Å²) in [5, 5.41) is 5.00. The van der Waals surface area contributed by atoms with E-state index in [1.807, 2.05) is 14.0 Å². The largest absolute Gasteiger partial charge is 0.573 e. The van der Waals surface area contributed by atoms with E-state index in [1.165, 1.54) is 0 Å². The molecule has 2 N–H and O–H groups in total. The molecule has 0 spiro atoms. The molecule has 1 aliphatic heterocycles. The summed E-state index contributed by atoms with van der Waals surface area (Å²) in [4.78, 5) is 44.0. The fourth-order valence-electron chi connectivity index (χ4n) is 6.56. The van der Waals surface area contributed by atoms with Gasteiger partial charge in [-0.1, -0.05) is 17.7 Å². The molecule has 0 radical (unpaired) electrons. The van der Waals surface area contributed by atoms with Crippen molar-refractivity contribution in [1.82, 2.24) is 15.1 Å². The number of rotatable bonds is 10. The molecule has 4 atom stereocenters. The van der Waals surface area contributed by atoms with Gasteiger partial charge in [-0.2, -0.15) is 0 Å². The molecule has 1 heterocycles. The van der Waals surface area contributed by atoms with Gasteiger partial charge in [-0.3, -0.25) is 14.9 Å². The summed E-state index contributed by atoms with van der Waals surface area (Å²) < 4.78 is 75.6. The third kappa shape index (κ3) is 10.1. The number of amides is 3. The Morgan fingerprint density at radius 1 is 1.04 bits per heavy atom. The van der Waals surface area contributed by atoms with Crippen molar-refractivity contribution in [3.8, 4) is 5.75 Å². The molecule has 2 aromatic rings. The maximum Gasteiger partial charge on any atom is 0.573 e. The molecule has 4 rings (SSSR count). The number of halogens is 3. The first kappa shape index (κ1) is 38.9. The predicted octanol–water partition coefficient (Wildman–Crippen LogP) is 5.92. The number of aryl methyl sites for hydroxylation is 1. The molecule has 2 fully saturated rings. The molecule has 2 aromatic carbocycles. The van der Waals surface area contributed by atoms with Gasteiger partial charge in [0, 0.05) is 24.7 Å². The van der Waals surface area contributed by atoms with E-state index in [1.54, 1.807) is 49.9 Å². The summed E-state index contributed by atoms with van der Waals surface area (Å²) in [6.45, 7) is 11.1. The second-order valence-electron chi connectivity index (χ2n) is 14.4. The normalized spacial score (nSPS) is 21.8. The smallest absolute Gasteiger partial charge is 0.444 e. The number of anilines is 1. The molecule has 1 saturated heterocycles. The van der Waals surface area contributed by atoms with Crippen molar-refractivity contribution in [3.05, 3.63) is 53.6 Å². The van der Waals surface area contributed by atoms with Gasteiger partial charge in [-0.15, -0.1) is 13.2 Å². The molecular weight excluding hydrogens is 677 g/mol. The summed E-state index contributed by atoms with van der Waals surface area (Å²) >= 11 is 0. The van der Waals surface area contributed by atoms with Crippen LogP contribution in [0.4, 0.5) is 23.7 Å². The molecule has 0 bridgehead atoms. The topological polar surface area (TPSA) is 134 Å². The Kier molecular flexibility index (Phi) is 11.8. The lowest BCUT2D eigenvalue weighted by Gasteiger charge is -2.44. The molecular formula is C35H47F3N4O7S. The van der Waals surface area contributed by atoms with E-state index < -0.39 is 57.5 Å². The van der Waals surface area contributed by atoms with E-state index in [0.717, 1.165) is 30.2 Å². The van der Waals surface area contributed by atoms with E-state index in [2.05, 4.69) is 34.1 Å². The lowest BCUT2D eigenvalue weighted by Crippen LogP contribution is -2.53. The van der Waals surface area contributed by atoms with Crippen LogP contribution in [0.3, 0.4) is 0 Å². The Morgan fingerprint density at radius 3 is 2.30 bits per heavy atom. The van der Waals surface area contributed by atoms with Gasteiger partial charge in [0.25, 0.3) is 5.91 Å². The summed E-state index contributed by atoms with van der Waals surface area (Å²) in [6.07, 6.45) is -3.93. The van der Waals surface area contributed by atoms with Crippen LogP contribution in [-0.2, 0) is 19.4 Å². The Hall–Kier alpha value is -3.85. The fraction of sp³-hybridized carbons (Fsp3) is 0.571. The molecule has 3 amide bonds. The highest BCUT2D eigenvalue weighted by Gasteiger charge is 2.44. The number of sulfone groups is 1. The maximum atomic E-state index is 13.9. The average Bonchev–Trinajstić information content (AvgIpc) is 3.34. The molecule has 2 aliphatic rings. The van der Waals surface area contributed by atoms with Gasteiger partial charge >= 0.3 is 12.5 Å². The quantitative estimate of drug-likeness (QED) is 0.309. The SMILES string of the molecule is Cc1ccc(S(=O)(=O)C[C@@H]2C[C@H](N(C)C(C)C)CC[C@@H]2N2CC[C@H](NC(=O)c3cc(OC(F)(F)F)ccc3NC(=O)OC(C)(C)C)C2=O)cc1. The van der Waals surface area contributed by atoms with Crippen molar-refractivity contribution in [3.63, 3.8) is 0 Å². The Balaban J connectivity index is 1.56. The number of benzene rings is 2. The van der Waals surface area contributed by atoms with Crippen molar-refractivity contribution in [2.45, 2.75) is 108 Å². The number of ether oxygens (including phenoxy) is 2. The van der Waals surface area contributed by atoms with Crippen LogP contribution in [0, 0.1) is 12.8 Å². The van der Waals surface area contributed by atoms with E-state index in [-0.39, 0.29) is 52.9 Å². The van der Waals surface area contributed by atoms with Crippen molar-refractivity contribution >= 4 is 33.4 Å². The van der Waals surface area contributed by atoms with Gasteiger partial charge in [0.15, 0.2) is 9.84 Å². The van der Waals surface area contributed by atoms with Crippen LogP contribution in [0.5, 0.6) is 5.75 Å². The van der Waals surface area contributed by atoms with Crippen molar-refractivity contribution in [2.24, 2.45) is 5.92 Å². The van der Waals surface area contributed by atoms with Crippen LogP contribution < -0.4 is 15.4 Å². The van der Waals surface area contributed by atoms with E-state index in [0.29, 0.717) is 12.8 Å². The number of nitrogens with zero attached hydrogens (tertiary/aromatic N) is 2. The molecule has 1 aliphatic carbocycles. The molecule has 276 valence electrons. The number of hydrogen-bond donors (Lipinski definition) is 2. The van der Waals surface area contributed by atoms with E-state index in [9.17, 15) is 36.0 Å². The number of carbonyl (C=O) groups excluding carboxylic acids is 3. The van der Waals surface area contributed by atoms with Gasteiger partial charge in [-0.05, 0) is 111 Å². The van der Waals surface area contributed by atoms with Crippen molar-refractivity contribution < 1.29 is 45.4 Å². The maximum absolute atomic E-state index is 13.9. The number of nitrogens with one attached hydrogen (secondary N) is 2. The Labute approximate surface area is 291 Å². The van der Waals surface area contributed by atoms with Crippen LogP contribution in [0.15, 0.2) is 47.4 Å². The van der Waals surface area contributed by atoms with Crippen molar-refractivity contribution in [2.75, 3.05) is 24.7 Å². The van der Waals surface area contributed by atoms with Gasteiger partial charge in [0.05, 0.1) is 21.9 Å². The second-order valence-corrected chi connectivity index (χ2v) is 16.4. The third-order valence-electron chi connectivity index (χ3n) is 9.17. The van der Waals surface area contributed by atoms with Crippen molar-refractivity contribution in [1.29, 1.82) is 0 Å². The highest BCUT2D eigenvalue weighted by molar-refractivity contribution is 7.91. The highest BCUT2D eigenvalue weighted by atomic mass is 32.2. The number of hydrogen-bond acceptors (Lipinski definition) is 8. The van der Waals surface area contributed by atoms with Gasteiger partial charge in [-0.25, -0.2) is 13.2 Å². The third-order valence-corrected chi connectivity index (χ3v) is 11.0. The lowest BCUT2D eigenvalue weighted by molar-refractivity contribution is -0.274. The average molecular weight is 725 g/mol. The standard InChI is InChI=1S/C35H47F3N4O7S/c1-21(2)41(7)24-10-15-30(23(18-24)20-50(46,47)26-12-8-22(3)9-13-26)42-17-16-29(32(42)44)39-31(43)27-19-25(48-35(36,37)38)11-14-28(27)40-33(45)49-34(4,5)6/h8-9,11-14,19,21,23-24,29-30H,10,15-18,20H2,1-7H3,(H,39,43)(H,40,45)/t23-,24+,29-,30-/m0/s1. The first-order valence-electron chi connectivity index (χ1n) is 16.7. The molecule has 11 nitrogen and oxygen atoms in total. The van der Waals surface area contributed by atoms with Crippen LogP contribution in [0.2, 0.25) is 0 Å². The highest BCUT2D eigenvalue weighted by Crippen LogP contribution is 2.36. The zero-order valence-electron chi connectivity index (χ0n) is 29.5. The van der Waals surface area contributed by atoms with E-state index in [4.69, 9.17) is 4.74 Å². The zero-order chi connectivity index (χ0) is 37.2. The first-order valence-corrected chi connectivity index (χ1v) is 18.3. The van der Waals surface area contributed by atoms with Crippen LogP contribution >= 0.6 is 0 Å².